The van der Waals surface area contributed by atoms with Crippen LogP contribution >= 0.6 is 0 Å². The van der Waals surface area contributed by atoms with Crippen molar-refractivity contribution in [2.45, 2.75) is 18.7 Å². The third-order valence-corrected chi connectivity index (χ3v) is 1.26. The van der Waals surface area contributed by atoms with E-state index < -0.39 is 24.7 Å². The fourth-order valence-corrected chi connectivity index (χ4v) is 0.566. The Morgan fingerprint density at radius 1 is 1.54 bits per heavy atom. The van der Waals surface area contributed by atoms with E-state index in [2.05, 4.69) is 5.32 Å². The molecular formula is C6H11F3N2O2. The van der Waals surface area contributed by atoms with Crippen LogP contribution < -0.4 is 11.1 Å². The molecule has 1 atom stereocenters. The molecule has 0 saturated carbocycles. The van der Waals surface area contributed by atoms with Crippen molar-refractivity contribution in [3.8, 4) is 0 Å². The van der Waals surface area contributed by atoms with Crippen molar-refractivity contribution >= 4 is 5.91 Å². The minimum absolute atomic E-state index is 0.0302. The molecule has 0 rings (SSSR count). The van der Waals surface area contributed by atoms with Gasteiger partial charge in [0.15, 0.2) is 6.10 Å². The molecule has 0 aliphatic rings. The number of primary amides is 1. The number of carbonyl (C=O) groups excluding carboxylic acids is 1. The van der Waals surface area contributed by atoms with E-state index in [9.17, 15) is 18.0 Å². The number of aliphatic hydroxyl groups is 1. The Hall–Kier alpha value is -0.820. The molecule has 0 bridgehead atoms. The fraction of sp³-hybridized carbons (Fsp3) is 0.833. The van der Waals surface area contributed by atoms with Crippen LogP contribution in [0.1, 0.15) is 6.42 Å². The summed E-state index contributed by atoms with van der Waals surface area (Å²) in [7, 11) is 0. The van der Waals surface area contributed by atoms with E-state index in [0.717, 1.165) is 0 Å². The summed E-state index contributed by atoms with van der Waals surface area (Å²) in [4.78, 5) is 10.1. The Morgan fingerprint density at radius 2 is 2.08 bits per heavy atom. The molecule has 0 aromatic rings. The van der Waals surface area contributed by atoms with Crippen LogP contribution in [0.5, 0.6) is 0 Å². The van der Waals surface area contributed by atoms with Gasteiger partial charge in [-0.05, 0) is 0 Å². The maximum absolute atomic E-state index is 11.7. The maximum Gasteiger partial charge on any atom is 0.415 e. The average molecular weight is 200 g/mol. The van der Waals surface area contributed by atoms with Gasteiger partial charge in [-0.2, -0.15) is 13.2 Å². The first-order chi connectivity index (χ1) is 5.84. The van der Waals surface area contributed by atoms with Gasteiger partial charge in [0.05, 0.1) is 0 Å². The van der Waals surface area contributed by atoms with E-state index in [0.29, 0.717) is 0 Å². The summed E-state index contributed by atoms with van der Waals surface area (Å²) in [5.74, 6) is -0.603. The summed E-state index contributed by atoms with van der Waals surface area (Å²) in [5, 5.41) is 10.7. The summed E-state index contributed by atoms with van der Waals surface area (Å²) >= 11 is 0. The highest BCUT2D eigenvalue weighted by Crippen LogP contribution is 2.18. The lowest BCUT2D eigenvalue weighted by Gasteiger charge is -2.14. The van der Waals surface area contributed by atoms with Gasteiger partial charge in [0.2, 0.25) is 5.91 Å². The first kappa shape index (κ1) is 12.2. The van der Waals surface area contributed by atoms with E-state index in [1.54, 1.807) is 0 Å². The van der Waals surface area contributed by atoms with Gasteiger partial charge in [-0.3, -0.25) is 4.79 Å². The molecule has 78 valence electrons. The Kier molecular flexibility index (Phi) is 4.71. The van der Waals surface area contributed by atoms with E-state index in [-0.39, 0.29) is 13.0 Å². The normalized spacial score (nSPS) is 14.2. The van der Waals surface area contributed by atoms with Gasteiger partial charge in [0, 0.05) is 19.5 Å². The van der Waals surface area contributed by atoms with Crippen molar-refractivity contribution in [1.82, 2.24) is 5.32 Å². The zero-order valence-electron chi connectivity index (χ0n) is 6.77. The molecule has 0 spiro atoms. The van der Waals surface area contributed by atoms with Gasteiger partial charge >= 0.3 is 6.18 Å². The van der Waals surface area contributed by atoms with Crippen LogP contribution in [-0.4, -0.2) is 36.4 Å². The molecule has 0 radical (unpaired) electrons. The zero-order chi connectivity index (χ0) is 10.5. The van der Waals surface area contributed by atoms with Crippen molar-refractivity contribution in [2.75, 3.05) is 13.1 Å². The molecule has 0 heterocycles. The second kappa shape index (κ2) is 5.03. The third-order valence-electron chi connectivity index (χ3n) is 1.26. The van der Waals surface area contributed by atoms with Crippen molar-refractivity contribution in [3.05, 3.63) is 0 Å². The van der Waals surface area contributed by atoms with E-state index in [4.69, 9.17) is 10.8 Å². The number of halogens is 3. The van der Waals surface area contributed by atoms with Crippen LogP contribution in [0, 0.1) is 0 Å². The topological polar surface area (TPSA) is 75.4 Å². The highest BCUT2D eigenvalue weighted by atomic mass is 19.4. The number of aliphatic hydroxyl groups excluding tert-OH is 1. The fourth-order valence-electron chi connectivity index (χ4n) is 0.566. The highest BCUT2D eigenvalue weighted by molar-refractivity contribution is 5.73. The molecule has 7 heteroatoms. The summed E-state index contributed by atoms with van der Waals surface area (Å²) in [6.45, 7) is -0.598. The molecule has 1 amide bonds. The minimum Gasteiger partial charge on any atom is -0.382 e. The van der Waals surface area contributed by atoms with Crippen molar-refractivity contribution in [3.63, 3.8) is 0 Å². The Bertz CT molecular complexity index is 172. The van der Waals surface area contributed by atoms with Crippen molar-refractivity contribution in [2.24, 2.45) is 5.73 Å². The maximum atomic E-state index is 11.7. The predicted molar refractivity (Wildman–Crippen MR) is 38.7 cm³/mol. The van der Waals surface area contributed by atoms with Gasteiger partial charge in [0.1, 0.15) is 0 Å². The average Bonchev–Trinajstić information content (AvgIpc) is 1.95. The SMILES string of the molecule is NC(=O)CCNCC(O)C(F)(F)F. The predicted octanol–water partition coefficient (Wildman–Crippen LogP) is -0.625. The van der Waals surface area contributed by atoms with Gasteiger partial charge in [-0.15, -0.1) is 0 Å². The summed E-state index contributed by atoms with van der Waals surface area (Å²) in [5.41, 5.74) is 4.73. The lowest BCUT2D eigenvalue weighted by molar-refractivity contribution is -0.201. The van der Waals surface area contributed by atoms with Gasteiger partial charge in [-0.25, -0.2) is 0 Å². The number of amides is 1. The minimum atomic E-state index is -4.63. The monoisotopic (exact) mass is 200 g/mol. The van der Waals surface area contributed by atoms with E-state index in [1.165, 1.54) is 0 Å². The van der Waals surface area contributed by atoms with E-state index >= 15 is 0 Å². The molecule has 0 aliphatic carbocycles. The zero-order valence-corrected chi connectivity index (χ0v) is 6.77. The second-order valence-electron chi connectivity index (χ2n) is 2.48. The highest BCUT2D eigenvalue weighted by Gasteiger charge is 2.37. The van der Waals surface area contributed by atoms with Crippen LogP contribution in [0.3, 0.4) is 0 Å². The molecule has 0 fully saturated rings. The van der Waals surface area contributed by atoms with Crippen LogP contribution in [0.25, 0.3) is 0 Å². The van der Waals surface area contributed by atoms with Crippen LogP contribution in [0.4, 0.5) is 13.2 Å². The third kappa shape index (κ3) is 6.35. The Balaban J connectivity index is 3.49. The number of carbonyl (C=O) groups is 1. The smallest absolute Gasteiger partial charge is 0.382 e. The van der Waals surface area contributed by atoms with Crippen LogP contribution in [0.2, 0.25) is 0 Å². The van der Waals surface area contributed by atoms with Gasteiger partial charge < -0.3 is 16.2 Å². The number of nitrogens with one attached hydrogen (secondary N) is 1. The largest absolute Gasteiger partial charge is 0.415 e. The van der Waals surface area contributed by atoms with Crippen molar-refractivity contribution < 1.29 is 23.1 Å². The quantitative estimate of drug-likeness (QED) is 0.517. The van der Waals surface area contributed by atoms with Gasteiger partial charge in [0.25, 0.3) is 0 Å². The van der Waals surface area contributed by atoms with Gasteiger partial charge in [-0.1, -0.05) is 0 Å². The molecule has 1 unspecified atom stereocenters. The summed E-state index contributed by atoms with van der Waals surface area (Å²) in [6.07, 6.45) is -7.08. The molecule has 0 aliphatic heterocycles. The summed E-state index contributed by atoms with van der Waals surface area (Å²) in [6, 6.07) is 0. The summed E-state index contributed by atoms with van der Waals surface area (Å²) < 4.78 is 35.0. The number of hydrogen-bond donors (Lipinski definition) is 3. The first-order valence-corrected chi connectivity index (χ1v) is 3.58. The lowest BCUT2D eigenvalue weighted by atomic mass is 10.3. The molecule has 4 N–H and O–H groups in total. The number of alkyl halides is 3. The van der Waals surface area contributed by atoms with E-state index in [1.807, 2.05) is 0 Å². The standard InChI is InChI=1S/C6H11F3N2O2/c7-6(8,9)4(12)3-11-2-1-5(10)13/h4,11-12H,1-3H2,(H2,10,13). The lowest BCUT2D eigenvalue weighted by Crippen LogP contribution is -2.39. The number of nitrogens with two attached hydrogens (primary N) is 1. The molecule has 0 aromatic heterocycles. The van der Waals surface area contributed by atoms with Crippen LogP contribution in [0.15, 0.2) is 0 Å². The molecular weight excluding hydrogens is 189 g/mol. The number of hydrogen-bond acceptors (Lipinski definition) is 3. The van der Waals surface area contributed by atoms with Crippen molar-refractivity contribution in [1.29, 1.82) is 0 Å². The molecule has 13 heavy (non-hydrogen) atoms. The number of rotatable bonds is 5. The van der Waals surface area contributed by atoms with Crippen LogP contribution in [-0.2, 0) is 4.79 Å². The molecule has 4 nitrogen and oxygen atoms in total. The molecule has 0 saturated heterocycles. The Morgan fingerprint density at radius 3 is 2.46 bits per heavy atom. The second-order valence-corrected chi connectivity index (χ2v) is 2.48. The Labute approximate surface area is 72.9 Å². The first-order valence-electron chi connectivity index (χ1n) is 3.58. The molecule has 0 aromatic carbocycles.